The Morgan fingerprint density at radius 3 is 2.04 bits per heavy atom. The molecule has 0 unspecified atom stereocenters. The molecule has 0 heterocycles. The summed E-state index contributed by atoms with van der Waals surface area (Å²) in [6.07, 6.45) is 5.73. The van der Waals surface area contributed by atoms with Crippen molar-refractivity contribution in [2.75, 3.05) is 12.4 Å². The summed E-state index contributed by atoms with van der Waals surface area (Å²) < 4.78 is 35.9. The lowest BCUT2D eigenvalue weighted by Gasteiger charge is -2.13. The van der Waals surface area contributed by atoms with E-state index < -0.39 is 10.1 Å². The van der Waals surface area contributed by atoms with Gasteiger partial charge >= 0.3 is 0 Å². The minimum absolute atomic E-state index is 0.244. The predicted octanol–water partition coefficient (Wildman–Crippen LogP) is 4.33. The summed E-state index contributed by atoms with van der Waals surface area (Å²) in [5.41, 5.74) is 4.71. The van der Waals surface area contributed by atoms with E-state index in [1.165, 1.54) is 0 Å². The number of benzene rings is 2. The first-order valence-electron chi connectivity index (χ1n) is 8.71. The van der Waals surface area contributed by atoms with Gasteiger partial charge in [0.2, 0.25) is 0 Å². The number of hydrogen-bond donors (Lipinski definition) is 1. The Morgan fingerprint density at radius 2 is 1.48 bits per heavy atom. The number of carbonyl (C=O) groups excluding carboxylic acids is 1. The average molecular weight is 388 g/mol. The topological polar surface area (TPSA) is 80.7 Å². The Morgan fingerprint density at radius 1 is 0.926 bits per heavy atom. The summed E-state index contributed by atoms with van der Waals surface area (Å²) >= 11 is 0. The van der Waals surface area contributed by atoms with Crippen LogP contribution in [0.4, 0.5) is 0 Å². The van der Waals surface area contributed by atoms with Crippen molar-refractivity contribution in [3.05, 3.63) is 64.2 Å². The summed E-state index contributed by atoms with van der Waals surface area (Å²) in [6.45, 7) is 4.34. The molecule has 0 amide bonds. The van der Waals surface area contributed by atoms with Crippen LogP contribution >= 0.6 is 0 Å². The van der Waals surface area contributed by atoms with Crippen LogP contribution in [-0.4, -0.2) is 31.6 Å². The van der Waals surface area contributed by atoms with Gasteiger partial charge in [0.25, 0.3) is 10.1 Å². The lowest BCUT2D eigenvalue weighted by Crippen LogP contribution is -2.07. The van der Waals surface area contributed by atoms with E-state index in [4.69, 9.17) is 9.29 Å². The molecule has 0 radical (unpaired) electrons. The molecule has 0 saturated heterocycles. The average Bonchev–Trinajstić information content (AvgIpc) is 2.61. The molecule has 0 bridgehead atoms. The van der Waals surface area contributed by atoms with Crippen LogP contribution in [0.2, 0.25) is 0 Å². The maximum atomic E-state index is 10.7. The zero-order chi connectivity index (χ0) is 19.9. The van der Waals surface area contributed by atoms with Gasteiger partial charge in [0, 0.05) is 5.56 Å². The van der Waals surface area contributed by atoms with Crippen molar-refractivity contribution in [3.8, 4) is 5.75 Å². The third-order valence-electron chi connectivity index (χ3n) is 4.07. The molecule has 1 N–H and O–H groups in total. The molecule has 0 aliphatic carbocycles. The first-order valence-corrected chi connectivity index (χ1v) is 10.3. The maximum Gasteiger partial charge on any atom is 0.264 e. The van der Waals surface area contributed by atoms with Crippen LogP contribution in [0.5, 0.6) is 5.75 Å². The van der Waals surface area contributed by atoms with Crippen molar-refractivity contribution in [1.29, 1.82) is 0 Å². The van der Waals surface area contributed by atoms with Crippen LogP contribution in [-0.2, 0) is 10.1 Å². The zero-order valence-corrected chi connectivity index (χ0v) is 16.3. The molecule has 0 atom stereocenters. The molecule has 0 aliphatic heterocycles. The standard InChI is InChI=1S/C21H24O5S/c1-16-13-20(10-7-18-5-8-19(15-22)9-6-18)14-17(2)21(16)26-11-3-4-12-27(23,24)25/h5-10,13-15H,3-4,11-12H2,1-2H3,(H,23,24,25)/b10-7+. The Balaban J connectivity index is 1.98. The fraction of sp³-hybridized carbons (Fsp3) is 0.286. The highest BCUT2D eigenvalue weighted by molar-refractivity contribution is 7.85. The minimum atomic E-state index is -3.90. The van der Waals surface area contributed by atoms with Gasteiger partial charge in [0.1, 0.15) is 12.0 Å². The second kappa shape index (κ2) is 9.48. The molecule has 144 valence electrons. The van der Waals surface area contributed by atoms with E-state index in [0.29, 0.717) is 25.0 Å². The van der Waals surface area contributed by atoms with Crippen molar-refractivity contribution in [3.63, 3.8) is 0 Å². The number of ether oxygens (including phenoxy) is 1. The first-order chi connectivity index (χ1) is 12.8. The minimum Gasteiger partial charge on any atom is -0.493 e. The van der Waals surface area contributed by atoms with Crippen molar-refractivity contribution < 1.29 is 22.5 Å². The summed E-state index contributed by atoms with van der Waals surface area (Å²) in [5.74, 6) is 0.556. The highest BCUT2D eigenvalue weighted by atomic mass is 32.2. The van der Waals surface area contributed by atoms with Crippen LogP contribution < -0.4 is 4.74 Å². The van der Waals surface area contributed by atoms with Gasteiger partial charge in [-0.15, -0.1) is 0 Å². The van der Waals surface area contributed by atoms with Gasteiger partial charge in [-0.2, -0.15) is 8.42 Å². The third kappa shape index (κ3) is 7.00. The molecule has 0 spiro atoms. The van der Waals surface area contributed by atoms with Crippen LogP contribution in [0, 0.1) is 13.8 Å². The molecule has 0 aromatic heterocycles. The van der Waals surface area contributed by atoms with Gasteiger partial charge in [-0.1, -0.05) is 36.4 Å². The number of unbranched alkanes of at least 4 members (excludes halogenated alkanes) is 1. The molecule has 5 nitrogen and oxygen atoms in total. The molecule has 6 heteroatoms. The Hall–Kier alpha value is -2.44. The van der Waals surface area contributed by atoms with Gasteiger partial charge in [-0.3, -0.25) is 9.35 Å². The van der Waals surface area contributed by atoms with Crippen molar-refractivity contribution >= 4 is 28.6 Å². The lowest BCUT2D eigenvalue weighted by molar-refractivity contribution is 0.112. The van der Waals surface area contributed by atoms with E-state index in [1.807, 2.05) is 50.3 Å². The first kappa shape index (κ1) is 20.9. The van der Waals surface area contributed by atoms with E-state index >= 15 is 0 Å². The van der Waals surface area contributed by atoms with E-state index in [2.05, 4.69) is 0 Å². The molecule has 27 heavy (non-hydrogen) atoms. The quantitative estimate of drug-likeness (QED) is 0.299. The predicted molar refractivity (Wildman–Crippen MR) is 108 cm³/mol. The second-order valence-electron chi connectivity index (χ2n) is 6.44. The smallest absolute Gasteiger partial charge is 0.264 e. The maximum absolute atomic E-state index is 10.7. The molecular formula is C21H24O5S. The largest absolute Gasteiger partial charge is 0.493 e. The molecule has 0 fully saturated rings. The summed E-state index contributed by atoms with van der Waals surface area (Å²) in [7, 11) is -3.90. The van der Waals surface area contributed by atoms with Gasteiger partial charge in [0.15, 0.2) is 0 Å². The Labute approximate surface area is 160 Å². The van der Waals surface area contributed by atoms with Crippen molar-refractivity contribution in [2.24, 2.45) is 0 Å². The van der Waals surface area contributed by atoms with E-state index in [0.717, 1.165) is 34.3 Å². The molecule has 2 rings (SSSR count). The Kier molecular flexibility index (Phi) is 7.33. The molecule has 2 aromatic rings. The van der Waals surface area contributed by atoms with Crippen LogP contribution in [0.25, 0.3) is 12.2 Å². The van der Waals surface area contributed by atoms with E-state index in [9.17, 15) is 13.2 Å². The molecular weight excluding hydrogens is 364 g/mol. The van der Waals surface area contributed by atoms with Gasteiger partial charge in [-0.05, 0) is 61.1 Å². The molecule has 0 saturated carbocycles. The SMILES string of the molecule is Cc1cc(/C=C/c2ccc(C=O)cc2)cc(C)c1OCCCCS(=O)(=O)O. The molecule has 2 aromatic carbocycles. The highest BCUT2D eigenvalue weighted by Gasteiger charge is 2.07. The lowest BCUT2D eigenvalue weighted by atomic mass is 10.0. The number of hydrogen-bond acceptors (Lipinski definition) is 4. The number of aldehydes is 1. The summed E-state index contributed by atoms with van der Waals surface area (Å²) in [4.78, 5) is 10.7. The van der Waals surface area contributed by atoms with E-state index in [-0.39, 0.29) is 5.75 Å². The van der Waals surface area contributed by atoms with Crippen molar-refractivity contribution in [1.82, 2.24) is 0 Å². The fourth-order valence-corrected chi connectivity index (χ4v) is 3.32. The third-order valence-corrected chi connectivity index (χ3v) is 4.87. The number of carbonyl (C=O) groups is 1. The van der Waals surface area contributed by atoms with E-state index in [1.54, 1.807) is 12.1 Å². The summed E-state index contributed by atoms with van der Waals surface area (Å²) in [5, 5.41) is 0. The fourth-order valence-electron chi connectivity index (χ4n) is 2.75. The number of rotatable bonds is 9. The normalized spacial score (nSPS) is 11.7. The van der Waals surface area contributed by atoms with Crippen molar-refractivity contribution in [2.45, 2.75) is 26.7 Å². The van der Waals surface area contributed by atoms with Crippen LogP contribution in [0.15, 0.2) is 36.4 Å². The van der Waals surface area contributed by atoms with Crippen LogP contribution in [0.3, 0.4) is 0 Å². The van der Waals surface area contributed by atoms with Gasteiger partial charge < -0.3 is 4.74 Å². The Bertz CT molecular complexity index is 889. The van der Waals surface area contributed by atoms with Gasteiger partial charge in [0.05, 0.1) is 12.4 Å². The highest BCUT2D eigenvalue weighted by Crippen LogP contribution is 2.26. The monoisotopic (exact) mass is 388 g/mol. The van der Waals surface area contributed by atoms with Gasteiger partial charge in [-0.25, -0.2) is 0 Å². The van der Waals surface area contributed by atoms with Crippen LogP contribution in [0.1, 0.15) is 45.5 Å². The molecule has 0 aliphatic rings. The summed E-state index contributed by atoms with van der Waals surface area (Å²) in [6, 6.07) is 11.4. The zero-order valence-electron chi connectivity index (χ0n) is 15.5. The second-order valence-corrected chi connectivity index (χ2v) is 8.02. The number of aryl methyl sites for hydroxylation is 2.